The Balaban J connectivity index is 2.08. The Labute approximate surface area is 191 Å². The van der Waals surface area contributed by atoms with Crippen molar-refractivity contribution >= 4 is 17.0 Å². The van der Waals surface area contributed by atoms with Crippen molar-refractivity contribution in [1.29, 1.82) is 0 Å². The average molecular weight is 419 g/mol. The zero-order valence-electron chi connectivity index (χ0n) is 19.4. The molecule has 2 aromatic rings. The van der Waals surface area contributed by atoms with Gasteiger partial charge in [0.05, 0.1) is 11.4 Å². The van der Waals surface area contributed by atoms with Gasteiger partial charge in [0.15, 0.2) is 0 Å². The molecule has 160 valence electrons. The molecule has 2 nitrogen and oxygen atoms in total. The van der Waals surface area contributed by atoms with Crippen molar-refractivity contribution in [3.05, 3.63) is 125 Å². The number of allylic oxidation sites excluding steroid dienone is 6. The van der Waals surface area contributed by atoms with E-state index in [1.54, 1.807) is 0 Å². The number of rotatable bonds is 6. The first kappa shape index (κ1) is 21.7. The van der Waals surface area contributed by atoms with E-state index in [2.05, 4.69) is 94.6 Å². The van der Waals surface area contributed by atoms with Gasteiger partial charge in [0, 0.05) is 16.7 Å². The van der Waals surface area contributed by atoms with Crippen LogP contribution in [0.2, 0.25) is 0 Å². The maximum absolute atomic E-state index is 5.39. The summed E-state index contributed by atoms with van der Waals surface area (Å²) in [7, 11) is 0. The molecule has 2 aromatic carbocycles. The molecule has 1 aliphatic heterocycles. The van der Waals surface area contributed by atoms with Gasteiger partial charge in [-0.15, -0.1) is 0 Å². The van der Waals surface area contributed by atoms with Gasteiger partial charge >= 0.3 is 0 Å². The standard InChI is InChI=1S/C30H30N2/c1-7-11-22(12-8-2)28-29(23-16-13-20(5)14-17-23)32-30(31-28)26(10-4)24(9-3)25-18-15-21(6)19-27(25)30/h7,9-19H,3-4,8H2,1-2,5-6H3/b11-7-,22-12+. The Bertz CT molecular complexity index is 1250. The van der Waals surface area contributed by atoms with Crippen molar-refractivity contribution in [2.75, 3.05) is 0 Å². The van der Waals surface area contributed by atoms with E-state index in [9.17, 15) is 0 Å². The lowest BCUT2D eigenvalue weighted by Gasteiger charge is -2.21. The van der Waals surface area contributed by atoms with Crippen LogP contribution >= 0.6 is 0 Å². The highest BCUT2D eigenvalue weighted by molar-refractivity contribution is 6.55. The van der Waals surface area contributed by atoms with Gasteiger partial charge in [0.1, 0.15) is 0 Å². The first-order valence-corrected chi connectivity index (χ1v) is 11.2. The zero-order chi connectivity index (χ0) is 22.9. The topological polar surface area (TPSA) is 24.7 Å². The lowest BCUT2D eigenvalue weighted by atomic mass is 9.95. The van der Waals surface area contributed by atoms with E-state index in [0.29, 0.717) is 0 Å². The Kier molecular flexibility index (Phi) is 5.80. The maximum atomic E-state index is 5.39. The highest BCUT2D eigenvalue weighted by Crippen LogP contribution is 2.52. The number of aryl methyl sites for hydroxylation is 2. The lowest BCUT2D eigenvalue weighted by Crippen LogP contribution is -2.19. The predicted octanol–water partition coefficient (Wildman–Crippen LogP) is 7.45. The average Bonchev–Trinajstić information content (AvgIpc) is 3.30. The van der Waals surface area contributed by atoms with Gasteiger partial charge in [-0.25, -0.2) is 9.98 Å². The molecule has 0 amide bonds. The molecule has 0 N–H and O–H groups in total. The number of hydrogen-bond acceptors (Lipinski definition) is 2. The molecule has 1 spiro atoms. The first-order valence-electron chi connectivity index (χ1n) is 11.2. The summed E-state index contributed by atoms with van der Waals surface area (Å²) in [6.45, 7) is 16.6. The minimum atomic E-state index is -0.837. The molecule has 32 heavy (non-hydrogen) atoms. The largest absolute Gasteiger partial charge is 0.243 e. The van der Waals surface area contributed by atoms with Crippen molar-refractivity contribution < 1.29 is 0 Å². The second-order valence-corrected chi connectivity index (χ2v) is 8.31. The SMILES string of the molecule is C=CC1=C(C=C)C2(N=C(C(/C=C\C)=C/CC)C(c3ccc(C)cc3)=N2)c2cc(C)ccc21. The molecule has 4 rings (SSSR count). The van der Waals surface area contributed by atoms with Crippen molar-refractivity contribution in [3.8, 4) is 0 Å². The van der Waals surface area contributed by atoms with Gasteiger partial charge in [0.2, 0.25) is 5.66 Å². The van der Waals surface area contributed by atoms with Gasteiger partial charge in [-0.05, 0) is 43.9 Å². The molecule has 0 aromatic heterocycles. The maximum Gasteiger partial charge on any atom is 0.204 e. The number of fused-ring (bicyclic) bond motifs is 2. The first-order chi connectivity index (χ1) is 15.5. The van der Waals surface area contributed by atoms with Crippen LogP contribution < -0.4 is 0 Å². The second-order valence-electron chi connectivity index (χ2n) is 8.31. The number of aliphatic imine (C=N–C) groups is 2. The predicted molar refractivity (Wildman–Crippen MR) is 139 cm³/mol. The van der Waals surface area contributed by atoms with Gasteiger partial charge in [-0.1, -0.05) is 104 Å². The van der Waals surface area contributed by atoms with Crippen LogP contribution in [-0.4, -0.2) is 11.4 Å². The summed E-state index contributed by atoms with van der Waals surface area (Å²) >= 11 is 0. The monoisotopic (exact) mass is 418 g/mol. The summed E-state index contributed by atoms with van der Waals surface area (Å²) in [5.74, 6) is 0. The van der Waals surface area contributed by atoms with E-state index in [-0.39, 0.29) is 0 Å². The summed E-state index contributed by atoms with van der Waals surface area (Å²) in [6, 6.07) is 15.0. The van der Waals surface area contributed by atoms with Crippen molar-refractivity contribution in [3.63, 3.8) is 0 Å². The molecule has 2 heteroatoms. The van der Waals surface area contributed by atoms with Gasteiger partial charge < -0.3 is 0 Å². The summed E-state index contributed by atoms with van der Waals surface area (Å²) in [5.41, 5.74) is 9.84. The molecule has 0 radical (unpaired) electrons. The lowest BCUT2D eigenvalue weighted by molar-refractivity contribution is 0.600. The molecular formula is C30H30N2. The second kappa shape index (κ2) is 8.55. The highest BCUT2D eigenvalue weighted by Gasteiger charge is 2.47. The molecule has 0 fully saturated rings. The quantitative estimate of drug-likeness (QED) is 0.435. The molecule has 0 saturated heterocycles. The van der Waals surface area contributed by atoms with Crippen LogP contribution in [-0.2, 0) is 5.66 Å². The molecule has 2 aliphatic rings. The Morgan fingerprint density at radius 1 is 0.969 bits per heavy atom. The highest BCUT2D eigenvalue weighted by atomic mass is 15.2. The van der Waals surface area contributed by atoms with Crippen LogP contribution in [0.1, 0.15) is 48.1 Å². The molecule has 1 atom stereocenters. The summed E-state index contributed by atoms with van der Waals surface area (Å²) in [5, 5.41) is 0. The fourth-order valence-electron chi connectivity index (χ4n) is 4.58. The van der Waals surface area contributed by atoms with E-state index < -0.39 is 5.66 Å². The number of hydrogen-bond donors (Lipinski definition) is 0. The number of nitrogens with zero attached hydrogens (tertiary/aromatic N) is 2. The Morgan fingerprint density at radius 3 is 2.31 bits per heavy atom. The van der Waals surface area contributed by atoms with Crippen LogP contribution in [0.25, 0.3) is 5.57 Å². The van der Waals surface area contributed by atoms with Crippen LogP contribution in [0, 0.1) is 13.8 Å². The third-order valence-corrected chi connectivity index (χ3v) is 6.06. The third kappa shape index (κ3) is 3.36. The van der Waals surface area contributed by atoms with Crippen LogP contribution in [0.3, 0.4) is 0 Å². The molecule has 1 heterocycles. The Hall–Kier alpha value is -3.52. The third-order valence-electron chi connectivity index (χ3n) is 6.06. The molecule has 0 bridgehead atoms. The van der Waals surface area contributed by atoms with Crippen LogP contribution in [0.5, 0.6) is 0 Å². The normalized spacial score (nSPS) is 20.1. The fourth-order valence-corrected chi connectivity index (χ4v) is 4.58. The van der Waals surface area contributed by atoms with Crippen LogP contribution in [0.15, 0.2) is 107 Å². The van der Waals surface area contributed by atoms with E-state index in [0.717, 1.165) is 51.3 Å². The summed E-state index contributed by atoms with van der Waals surface area (Å²) in [6.07, 6.45) is 11.1. The fraction of sp³-hybridized carbons (Fsp3) is 0.200. The van der Waals surface area contributed by atoms with Crippen LogP contribution in [0.4, 0.5) is 0 Å². The van der Waals surface area contributed by atoms with Crippen molar-refractivity contribution in [2.45, 2.75) is 39.8 Å². The molecule has 1 unspecified atom stereocenters. The summed E-state index contributed by atoms with van der Waals surface area (Å²) < 4.78 is 0. The molecule has 1 aliphatic carbocycles. The van der Waals surface area contributed by atoms with E-state index in [1.807, 2.05) is 19.1 Å². The van der Waals surface area contributed by atoms with E-state index in [4.69, 9.17) is 9.98 Å². The van der Waals surface area contributed by atoms with Gasteiger partial charge in [-0.3, -0.25) is 0 Å². The minimum absolute atomic E-state index is 0.837. The zero-order valence-corrected chi connectivity index (χ0v) is 19.4. The molecular weight excluding hydrogens is 388 g/mol. The van der Waals surface area contributed by atoms with Gasteiger partial charge in [0.25, 0.3) is 0 Å². The number of benzene rings is 2. The summed E-state index contributed by atoms with van der Waals surface area (Å²) in [4.78, 5) is 10.8. The Morgan fingerprint density at radius 2 is 1.69 bits per heavy atom. The van der Waals surface area contributed by atoms with E-state index >= 15 is 0 Å². The minimum Gasteiger partial charge on any atom is -0.243 e. The van der Waals surface area contributed by atoms with Crippen molar-refractivity contribution in [1.82, 2.24) is 0 Å². The van der Waals surface area contributed by atoms with Crippen molar-refractivity contribution in [2.24, 2.45) is 9.98 Å². The van der Waals surface area contributed by atoms with E-state index in [1.165, 1.54) is 11.1 Å². The smallest absolute Gasteiger partial charge is 0.204 e. The molecule has 0 saturated carbocycles. The van der Waals surface area contributed by atoms with Gasteiger partial charge in [-0.2, -0.15) is 0 Å².